The first-order valence-corrected chi connectivity index (χ1v) is 13.0. The number of carbonyl (C=O) groups is 2. The minimum absolute atomic E-state index is 0.00200. The van der Waals surface area contributed by atoms with Gasteiger partial charge in [-0.3, -0.25) is 14.5 Å². The number of hydrogen-bond donors (Lipinski definition) is 3. The molecule has 1 fully saturated rings. The summed E-state index contributed by atoms with van der Waals surface area (Å²) < 4.78 is 0. The topological polar surface area (TPSA) is 84.2 Å². The van der Waals surface area contributed by atoms with Crippen molar-refractivity contribution in [1.82, 2.24) is 14.9 Å². The molecule has 1 atom stereocenters. The van der Waals surface area contributed by atoms with Crippen LogP contribution in [0.15, 0.2) is 85.2 Å². The first kappa shape index (κ1) is 23.9. The fraction of sp³-hybridized carbons (Fsp3) is 0.167. The Bertz CT molecular complexity index is 1670. The first-order chi connectivity index (χ1) is 18.5. The molecular weight excluding hydrogens is 494 g/mol. The SMILES string of the molecule is Cc1ccc(N2C(=O)C(CC(=O)Nc3ccc4cc[nH]c4c3)N(CCc3c[nH]c4ccccc34)C2=S)cc1. The van der Waals surface area contributed by atoms with Crippen molar-refractivity contribution in [2.75, 3.05) is 16.8 Å². The molecule has 5 aromatic rings. The summed E-state index contributed by atoms with van der Waals surface area (Å²) in [5.41, 5.74) is 5.64. The predicted molar refractivity (Wildman–Crippen MR) is 155 cm³/mol. The van der Waals surface area contributed by atoms with Gasteiger partial charge in [-0.25, -0.2) is 0 Å². The molecule has 7 nitrogen and oxygen atoms in total. The van der Waals surface area contributed by atoms with Gasteiger partial charge in [-0.05, 0) is 72.9 Å². The number of H-pyrrole nitrogens is 2. The Morgan fingerprint density at radius 2 is 1.82 bits per heavy atom. The summed E-state index contributed by atoms with van der Waals surface area (Å²) in [6, 6.07) is 22.8. The number of fused-ring (bicyclic) bond motifs is 2. The van der Waals surface area contributed by atoms with Crippen LogP contribution in [-0.2, 0) is 16.0 Å². The van der Waals surface area contributed by atoms with Gasteiger partial charge in [-0.15, -0.1) is 0 Å². The van der Waals surface area contributed by atoms with Crippen molar-refractivity contribution in [2.45, 2.75) is 25.8 Å². The molecule has 1 aliphatic rings. The van der Waals surface area contributed by atoms with Gasteiger partial charge in [0.2, 0.25) is 5.91 Å². The van der Waals surface area contributed by atoms with Crippen LogP contribution >= 0.6 is 12.2 Å². The van der Waals surface area contributed by atoms with E-state index in [0.717, 1.165) is 32.9 Å². The molecule has 38 heavy (non-hydrogen) atoms. The van der Waals surface area contributed by atoms with E-state index in [1.165, 1.54) is 0 Å². The van der Waals surface area contributed by atoms with Crippen LogP contribution in [0.2, 0.25) is 0 Å². The number of thiocarbonyl (C=S) groups is 1. The summed E-state index contributed by atoms with van der Waals surface area (Å²) in [7, 11) is 0. The number of aromatic amines is 2. The van der Waals surface area contributed by atoms with Crippen LogP contribution in [0, 0.1) is 6.92 Å². The highest BCUT2D eigenvalue weighted by Gasteiger charge is 2.44. The Labute approximate surface area is 225 Å². The van der Waals surface area contributed by atoms with Gasteiger partial charge in [0.05, 0.1) is 12.1 Å². The fourth-order valence-corrected chi connectivity index (χ4v) is 5.53. The zero-order chi connectivity index (χ0) is 26.2. The Kier molecular flexibility index (Phi) is 6.17. The number of para-hydroxylation sites is 1. The molecule has 3 aromatic carbocycles. The quantitative estimate of drug-likeness (QED) is 0.246. The van der Waals surface area contributed by atoms with E-state index in [9.17, 15) is 9.59 Å². The van der Waals surface area contributed by atoms with E-state index in [4.69, 9.17) is 12.2 Å². The Morgan fingerprint density at radius 3 is 2.66 bits per heavy atom. The van der Waals surface area contributed by atoms with Crippen LogP contribution in [0.5, 0.6) is 0 Å². The molecule has 1 unspecified atom stereocenters. The third-order valence-corrected chi connectivity index (χ3v) is 7.54. The molecule has 2 aromatic heterocycles. The number of hydrogen-bond acceptors (Lipinski definition) is 3. The maximum atomic E-state index is 13.7. The van der Waals surface area contributed by atoms with Crippen LogP contribution in [0.25, 0.3) is 21.8 Å². The predicted octanol–water partition coefficient (Wildman–Crippen LogP) is 5.53. The van der Waals surface area contributed by atoms with E-state index in [1.54, 1.807) is 4.90 Å². The van der Waals surface area contributed by atoms with Gasteiger partial charge in [0.25, 0.3) is 5.91 Å². The van der Waals surface area contributed by atoms with Crippen molar-refractivity contribution in [3.05, 3.63) is 96.3 Å². The first-order valence-electron chi connectivity index (χ1n) is 12.6. The van der Waals surface area contributed by atoms with E-state index in [1.807, 2.05) is 90.9 Å². The molecule has 0 radical (unpaired) electrons. The zero-order valence-electron chi connectivity index (χ0n) is 20.9. The van der Waals surface area contributed by atoms with Crippen LogP contribution in [0.3, 0.4) is 0 Å². The molecule has 3 heterocycles. The molecule has 8 heteroatoms. The van der Waals surface area contributed by atoms with Gasteiger partial charge in [-0.2, -0.15) is 0 Å². The third kappa shape index (κ3) is 4.43. The lowest BCUT2D eigenvalue weighted by atomic mass is 10.1. The average Bonchev–Trinajstić information content (AvgIpc) is 3.61. The number of carbonyl (C=O) groups excluding carboxylic acids is 2. The number of rotatable bonds is 7. The van der Waals surface area contributed by atoms with Gasteiger partial charge in [0.1, 0.15) is 6.04 Å². The highest BCUT2D eigenvalue weighted by molar-refractivity contribution is 7.80. The van der Waals surface area contributed by atoms with Crippen molar-refractivity contribution in [1.29, 1.82) is 0 Å². The third-order valence-electron chi connectivity index (χ3n) is 7.13. The zero-order valence-corrected chi connectivity index (χ0v) is 21.7. The Balaban J connectivity index is 1.25. The molecule has 0 saturated carbocycles. The standard InChI is InChI=1S/C30H27N5O2S/c1-19-6-10-23(11-7-19)35-29(37)27(17-28(36)33-22-9-8-20-12-14-31-26(20)16-22)34(30(35)38)15-13-21-18-32-25-5-3-2-4-24(21)25/h2-12,14,16,18,27,31-32H,13,15,17H2,1H3,(H,33,36). The number of nitrogens with zero attached hydrogens (tertiary/aromatic N) is 2. The Hall–Kier alpha value is -4.43. The lowest BCUT2D eigenvalue weighted by Crippen LogP contribution is -2.39. The van der Waals surface area contributed by atoms with Crippen molar-refractivity contribution in [3.8, 4) is 0 Å². The van der Waals surface area contributed by atoms with Crippen LogP contribution in [0.1, 0.15) is 17.5 Å². The van der Waals surface area contributed by atoms with E-state index < -0.39 is 6.04 Å². The van der Waals surface area contributed by atoms with E-state index >= 15 is 0 Å². The van der Waals surface area contributed by atoms with Gasteiger partial charge in [-0.1, -0.05) is 42.0 Å². The molecule has 190 valence electrons. The van der Waals surface area contributed by atoms with Crippen molar-refractivity contribution >= 4 is 62.3 Å². The summed E-state index contributed by atoms with van der Waals surface area (Å²) >= 11 is 5.83. The minimum atomic E-state index is -0.691. The number of aromatic nitrogens is 2. The van der Waals surface area contributed by atoms with Crippen molar-refractivity contribution in [3.63, 3.8) is 0 Å². The number of anilines is 2. The van der Waals surface area contributed by atoms with Crippen LogP contribution in [0.4, 0.5) is 11.4 Å². The number of nitrogens with one attached hydrogen (secondary N) is 3. The van der Waals surface area contributed by atoms with Gasteiger partial charge in [0, 0.05) is 41.0 Å². The molecule has 6 rings (SSSR count). The number of benzene rings is 3. The summed E-state index contributed by atoms with van der Waals surface area (Å²) in [6.45, 7) is 2.51. The lowest BCUT2D eigenvalue weighted by Gasteiger charge is -2.24. The molecule has 0 aliphatic carbocycles. The fourth-order valence-electron chi connectivity index (χ4n) is 5.11. The number of amides is 2. The summed E-state index contributed by atoms with van der Waals surface area (Å²) in [5.74, 6) is -0.423. The molecule has 1 saturated heterocycles. The highest BCUT2D eigenvalue weighted by atomic mass is 32.1. The normalized spacial score (nSPS) is 15.7. The molecule has 1 aliphatic heterocycles. The van der Waals surface area contributed by atoms with E-state index in [-0.39, 0.29) is 18.2 Å². The second-order valence-corrected chi connectivity index (χ2v) is 10.0. The summed E-state index contributed by atoms with van der Waals surface area (Å²) in [6.07, 6.45) is 4.54. The van der Waals surface area contributed by atoms with Gasteiger partial charge in [0.15, 0.2) is 5.11 Å². The minimum Gasteiger partial charge on any atom is -0.361 e. The molecule has 0 bridgehead atoms. The van der Waals surface area contributed by atoms with Crippen molar-refractivity contribution < 1.29 is 9.59 Å². The maximum absolute atomic E-state index is 13.7. The molecule has 3 N–H and O–H groups in total. The average molecular weight is 522 g/mol. The van der Waals surface area contributed by atoms with E-state index in [0.29, 0.717) is 29.5 Å². The smallest absolute Gasteiger partial charge is 0.256 e. The second kappa shape index (κ2) is 9.79. The highest BCUT2D eigenvalue weighted by Crippen LogP contribution is 2.29. The van der Waals surface area contributed by atoms with Gasteiger partial charge >= 0.3 is 0 Å². The Morgan fingerprint density at radius 1 is 1.00 bits per heavy atom. The van der Waals surface area contributed by atoms with Gasteiger partial charge < -0.3 is 20.2 Å². The largest absolute Gasteiger partial charge is 0.361 e. The molecule has 0 spiro atoms. The van der Waals surface area contributed by atoms with Crippen LogP contribution in [-0.4, -0.2) is 44.4 Å². The van der Waals surface area contributed by atoms with Crippen LogP contribution < -0.4 is 10.2 Å². The van der Waals surface area contributed by atoms with Crippen molar-refractivity contribution in [2.24, 2.45) is 0 Å². The maximum Gasteiger partial charge on any atom is 0.256 e. The second-order valence-electron chi connectivity index (χ2n) is 9.64. The molecular formula is C30H27N5O2S. The number of aryl methyl sites for hydroxylation is 1. The lowest BCUT2D eigenvalue weighted by molar-refractivity contribution is -0.124. The van der Waals surface area contributed by atoms with E-state index in [2.05, 4.69) is 21.4 Å². The summed E-state index contributed by atoms with van der Waals surface area (Å²) in [5, 5.41) is 5.59. The monoisotopic (exact) mass is 521 g/mol. The molecule has 2 amide bonds. The summed E-state index contributed by atoms with van der Waals surface area (Å²) in [4.78, 5) is 36.8.